The van der Waals surface area contributed by atoms with Gasteiger partial charge in [-0.2, -0.15) is 0 Å². The number of benzene rings is 2. The number of esters is 1. The van der Waals surface area contributed by atoms with Crippen LogP contribution in [0.25, 0.3) is 0 Å². The van der Waals surface area contributed by atoms with E-state index in [-0.39, 0.29) is 42.5 Å². The Balaban J connectivity index is 1.25. The standard InChI is InChI=1S/C27H28N2O5/c1-16-11-17(2)13-20(12-16)28-15-18(14-24(28)30)27(33)34-21-9-7-19(8-10-21)29-25(31)22-5-3-4-6-23(22)26(29)32/h7-13,18,22-23H,3-6,14-15H2,1-2H3/t18-,22-,23-/m1/s1. The molecule has 5 rings (SSSR count). The summed E-state index contributed by atoms with van der Waals surface area (Å²) in [5.74, 6) is -1.48. The van der Waals surface area contributed by atoms with Gasteiger partial charge in [-0.1, -0.05) is 18.9 Å². The summed E-state index contributed by atoms with van der Waals surface area (Å²) in [6.07, 6.45) is 3.59. The number of aryl methyl sites for hydroxylation is 2. The van der Waals surface area contributed by atoms with E-state index in [1.165, 1.54) is 4.90 Å². The third-order valence-electron chi connectivity index (χ3n) is 7.13. The fraction of sp³-hybridized carbons (Fsp3) is 0.407. The van der Waals surface area contributed by atoms with Crippen LogP contribution < -0.4 is 14.5 Å². The van der Waals surface area contributed by atoms with Gasteiger partial charge >= 0.3 is 5.97 Å². The molecular formula is C27H28N2O5. The topological polar surface area (TPSA) is 84.0 Å². The minimum absolute atomic E-state index is 0.101. The molecule has 0 aromatic heterocycles. The van der Waals surface area contributed by atoms with E-state index in [4.69, 9.17) is 4.74 Å². The first-order valence-corrected chi connectivity index (χ1v) is 11.9. The fourth-order valence-electron chi connectivity index (χ4n) is 5.50. The van der Waals surface area contributed by atoms with Crippen LogP contribution in [0.15, 0.2) is 42.5 Å². The zero-order chi connectivity index (χ0) is 24.0. The van der Waals surface area contributed by atoms with Crippen molar-refractivity contribution in [3.63, 3.8) is 0 Å². The van der Waals surface area contributed by atoms with Crippen LogP contribution in [-0.2, 0) is 19.2 Å². The van der Waals surface area contributed by atoms with Crippen molar-refractivity contribution in [3.05, 3.63) is 53.6 Å². The molecule has 176 valence electrons. The minimum atomic E-state index is -0.558. The smallest absolute Gasteiger partial charge is 0.316 e. The maximum atomic E-state index is 12.8. The Labute approximate surface area is 198 Å². The summed E-state index contributed by atoms with van der Waals surface area (Å²) in [6, 6.07) is 12.4. The maximum Gasteiger partial charge on any atom is 0.316 e. The number of hydrogen-bond donors (Lipinski definition) is 0. The number of rotatable bonds is 4. The highest BCUT2D eigenvalue weighted by Gasteiger charge is 2.48. The van der Waals surface area contributed by atoms with Crippen LogP contribution in [-0.4, -0.2) is 30.2 Å². The van der Waals surface area contributed by atoms with E-state index < -0.39 is 11.9 Å². The van der Waals surface area contributed by atoms with Crippen LogP contribution >= 0.6 is 0 Å². The number of fused-ring (bicyclic) bond motifs is 1. The molecule has 0 N–H and O–H groups in total. The van der Waals surface area contributed by atoms with Crippen LogP contribution in [0.3, 0.4) is 0 Å². The number of nitrogens with zero attached hydrogens (tertiary/aromatic N) is 2. The molecule has 34 heavy (non-hydrogen) atoms. The van der Waals surface area contributed by atoms with Gasteiger partial charge in [-0.25, -0.2) is 0 Å². The molecule has 2 saturated heterocycles. The minimum Gasteiger partial charge on any atom is -0.426 e. The molecule has 0 unspecified atom stereocenters. The lowest BCUT2D eigenvalue weighted by Crippen LogP contribution is -2.30. The number of imide groups is 1. The highest BCUT2D eigenvalue weighted by Crippen LogP contribution is 2.40. The lowest BCUT2D eigenvalue weighted by Gasteiger charge is -2.19. The van der Waals surface area contributed by atoms with Gasteiger partial charge in [0.1, 0.15) is 5.75 Å². The predicted molar refractivity (Wildman–Crippen MR) is 126 cm³/mol. The van der Waals surface area contributed by atoms with Crippen LogP contribution in [0.1, 0.15) is 43.2 Å². The molecule has 7 heteroatoms. The van der Waals surface area contributed by atoms with E-state index in [0.29, 0.717) is 11.4 Å². The van der Waals surface area contributed by atoms with Gasteiger partial charge in [0, 0.05) is 18.7 Å². The lowest BCUT2D eigenvalue weighted by molar-refractivity contribution is -0.139. The van der Waals surface area contributed by atoms with Crippen LogP contribution in [0.2, 0.25) is 0 Å². The lowest BCUT2D eigenvalue weighted by atomic mass is 9.81. The van der Waals surface area contributed by atoms with Crippen molar-refractivity contribution in [1.82, 2.24) is 0 Å². The second-order valence-electron chi connectivity index (χ2n) is 9.68. The second-order valence-corrected chi connectivity index (χ2v) is 9.68. The molecule has 7 nitrogen and oxygen atoms in total. The van der Waals surface area contributed by atoms with E-state index in [9.17, 15) is 19.2 Å². The Morgan fingerprint density at radius 3 is 2.03 bits per heavy atom. The molecule has 2 aliphatic heterocycles. The first-order chi connectivity index (χ1) is 16.3. The summed E-state index contributed by atoms with van der Waals surface area (Å²) in [4.78, 5) is 53.8. The summed E-state index contributed by atoms with van der Waals surface area (Å²) in [5, 5.41) is 0. The van der Waals surface area contributed by atoms with E-state index in [2.05, 4.69) is 0 Å². The summed E-state index contributed by atoms with van der Waals surface area (Å²) < 4.78 is 5.54. The number of hydrogen-bond acceptors (Lipinski definition) is 5. The van der Waals surface area contributed by atoms with Crippen molar-refractivity contribution in [1.29, 1.82) is 0 Å². The van der Waals surface area contributed by atoms with Gasteiger partial charge in [-0.05, 0) is 74.2 Å². The fourth-order valence-corrected chi connectivity index (χ4v) is 5.50. The van der Waals surface area contributed by atoms with Crippen LogP contribution in [0, 0.1) is 31.6 Å². The number of amides is 3. The summed E-state index contributed by atoms with van der Waals surface area (Å²) in [5.41, 5.74) is 3.41. The molecule has 2 aromatic rings. The van der Waals surface area contributed by atoms with Gasteiger partial charge in [0.25, 0.3) is 0 Å². The Morgan fingerprint density at radius 2 is 1.44 bits per heavy atom. The molecule has 3 atom stereocenters. The summed E-state index contributed by atoms with van der Waals surface area (Å²) in [6.45, 7) is 4.23. The molecule has 2 aromatic carbocycles. The van der Waals surface area contributed by atoms with Crippen molar-refractivity contribution >= 4 is 35.1 Å². The van der Waals surface area contributed by atoms with Crippen LogP contribution in [0.5, 0.6) is 5.75 Å². The zero-order valence-corrected chi connectivity index (χ0v) is 19.5. The summed E-state index contributed by atoms with van der Waals surface area (Å²) in [7, 11) is 0. The molecule has 3 aliphatic rings. The van der Waals surface area contributed by atoms with E-state index in [1.807, 2.05) is 32.0 Å². The second kappa shape index (κ2) is 8.70. The highest BCUT2D eigenvalue weighted by atomic mass is 16.5. The van der Waals surface area contributed by atoms with Crippen molar-refractivity contribution in [3.8, 4) is 5.75 Å². The number of carbonyl (C=O) groups is 4. The third kappa shape index (κ3) is 4.00. The largest absolute Gasteiger partial charge is 0.426 e. The number of carbonyl (C=O) groups excluding carboxylic acids is 4. The van der Waals surface area contributed by atoms with Crippen LogP contribution in [0.4, 0.5) is 11.4 Å². The monoisotopic (exact) mass is 460 g/mol. The zero-order valence-electron chi connectivity index (χ0n) is 19.5. The SMILES string of the molecule is Cc1cc(C)cc(N2C[C@H](C(=O)Oc3ccc(N4C(=O)[C@@H]5CCCC[C@H]5C4=O)cc3)CC2=O)c1. The van der Waals surface area contributed by atoms with Crippen molar-refractivity contribution < 1.29 is 23.9 Å². The van der Waals surface area contributed by atoms with Crippen molar-refractivity contribution in [2.75, 3.05) is 16.3 Å². The molecule has 0 spiro atoms. The molecule has 1 saturated carbocycles. The molecule has 0 radical (unpaired) electrons. The van der Waals surface area contributed by atoms with Crippen molar-refractivity contribution in [2.45, 2.75) is 46.0 Å². The molecule has 3 fully saturated rings. The van der Waals surface area contributed by atoms with Gasteiger partial charge < -0.3 is 9.64 Å². The first-order valence-electron chi connectivity index (χ1n) is 11.9. The predicted octanol–water partition coefficient (Wildman–Crippen LogP) is 3.94. The Bertz CT molecular complexity index is 1130. The van der Waals surface area contributed by atoms with Gasteiger partial charge in [0.05, 0.1) is 23.4 Å². The van der Waals surface area contributed by atoms with Gasteiger partial charge in [0.15, 0.2) is 0 Å². The average molecular weight is 461 g/mol. The summed E-state index contributed by atoms with van der Waals surface area (Å²) >= 11 is 0. The van der Waals surface area contributed by atoms with Gasteiger partial charge in [-0.3, -0.25) is 24.1 Å². The van der Waals surface area contributed by atoms with Gasteiger partial charge in [-0.15, -0.1) is 0 Å². The molecule has 2 heterocycles. The van der Waals surface area contributed by atoms with E-state index in [0.717, 1.165) is 42.5 Å². The quantitative estimate of drug-likeness (QED) is 0.392. The van der Waals surface area contributed by atoms with E-state index >= 15 is 0 Å². The normalized spacial score (nSPS) is 24.5. The maximum absolute atomic E-state index is 12.8. The third-order valence-corrected chi connectivity index (χ3v) is 7.13. The Morgan fingerprint density at radius 1 is 0.853 bits per heavy atom. The molecule has 1 aliphatic carbocycles. The number of ether oxygens (including phenoxy) is 1. The Kier molecular flexibility index (Phi) is 5.71. The molecule has 3 amide bonds. The highest BCUT2D eigenvalue weighted by molar-refractivity contribution is 6.22. The van der Waals surface area contributed by atoms with E-state index in [1.54, 1.807) is 29.2 Å². The number of anilines is 2. The van der Waals surface area contributed by atoms with Gasteiger partial charge in [0.2, 0.25) is 17.7 Å². The molecular weight excluding hydrogens is 432 g/mol. The first kappa shape index (κ1) is 22.3. The average Bonchev–Trinajstić information content (AvgIpc) is 3.32. The Hall–Kier alpha value is -3.48. The molecule has 0 bridgehead atoms. The van der Waals surface area contributed by atoms with Crippen molar-refractivity contribution in [2.24, 2.45) is 17.8 Å².